The van der Waals surface area contributed by atoms with Crippen molar-refractivity contribution in [2.45, 2.75) is 39.7 Å². The van der Waals surface area contributed by atoms with Gasteiger partial charge < -0.3 is 14.8 Å². The van der Waals surface area contributed by atoms with E-state index in [0.717, 1.165) is 12.8 Å². The molecule has 156 valence electrons. The number of anilines is 1. The van der Waals surface area contributed by atoms with Gasteiger partial charge >= 0.3 is 5.97 Å². The van der Waals surface area contributed by atoms with Gasteiger partial charge in [0.25, 0.3) is 5.91 Å². The number of para-hydroxylation sites is 1. The van der Waals surface area contributed by atoms with Gasteiger partial charge in [0.1, 0.15) is 17.4 Å². The SMILES string of the molecule is CCCCOC(=O)c1ccc(NC(=O)/C(C#N)=C/c2ccccc2OC(C)C)cc1. The zero-order valence-electron chi connectivity index (χ0n) is 17.5. The summed E-state index contributed by atoms with van der Waals surface area (Å²) in [7, 11) is 0. The van der Waals surface area contributed by atoms with E-state index in [4.69, 9.17) is 9.47 Å². The van der Waals surface area contributed by atoms with Gasteiger partial charge in [-0.2, -0.15) is 5.26 Å². The van der Waals surface area contributed by atoms with Crippen LogP contribution in [0.5, 0.6) is 5.75 Å². The molecular formula is C24H26N2O4. The highest BCUT2D eigenvalue weighted by molar-refractivity contribution is 6.10. The Labute approximate surface area is 177 Å². The highest BCUT2D eigenvalue weighted by atomic mass is 16.5. The van der Waals surface area contributed by atoms with Crippen LogP contribution in [0.2, 0.25) is 0 Å². The minimum absolute atomic E-state index is 0.0360. The van der Waals surface area contributed by atoms with Crippen molar-refractivity contribution in [3.05, 3.63) is 65.2 Å². The largest absolute Gasteiger partial charge is 0.490 e. The van der Waals surface area contributed by atoms with Crippen molar-refractivity contribution in [3.63, 3.8) is 0 Å². The molecular weight excluding hydrogens is 380 g/mol. The van der Waals surface area contributed by atoms with E-state index in [1.165, 1.54) is 6.08 Å². The minimum Gasteiger partial charge on any atom is -0.490 e. The van der Waals surface area contributed by atoms with Crippen molar-refractivity contribution in [2.24, 2.45) is 0 Å². The molecule has 0 bridgehead atoms. The van der Waals surface area contributed by atoms with E-state index in [-0.39, 0.29) is 11.7 Å². The fraction of sp³-hybridized carbons (Fsp3) is 0.292. The lowest BCUT2D eigenvalue weighted by Crippen LogP contribution is -2.14. The summed E-state index contributed by atoms with van der Waals surface area (Å²) in [6.07, 6.45) is 3.22. The molecule has 0 saturated carbocycles. The second kappa shape index (κ2) is 11.4. The number of hydrogen-bond donors (Lipinski definition) is 1. The molecule has 0 heterocycles. The van der Waals surface area contributed by atoms with Crippen molar-refractivity contribution < 1.29 is 19.1 Å². The smallest absolute Gasteiger partial charge is 0.338 e. The average Bonchev–Trinajstić information content (AvgIpc) is 2.73. The minimum atomic E-state index is -0.546. The van der Waals surface area contributed by atoms with E-state index >= 15 is 0 Å². The molecule has 6 nitrogen and oxygen atoms in total. The summed E-state index contributed by atoms with van der Waals surface area (Å²) < 4.78 is 10.9. The Morgan fingerprint density at radius 2 is 1.83 bits per heavy atom. The fourth-order valence-electron chi connectivity index (χ4n) is 2.55. The Balaban J connectivity index is 2.10. The zero-order chi connectivity index (χ0) is 21.9. The van der Waals surface area contributed by atoms with Crippen LogP contribution >= 0.6 is 0 Å². The molecule has 0 aromatic heterocycles. The number of ether oxygens (including phenoxy) is 2. The number of nitriles is 1. The summed E-state index contributed by atoms with van der Waals surface area (Å²) >= 11 is 0. The molecule has 0 radical (unpaired) electrons. The van der Waals surface area contributed by atoms with Gasteiger partial charge in [-0.1, -0.05) is 31.5 Å². The summed E-state index contributed by atoms with van der Waals surface area (Å²) in [5, 5.41) is 12.1. The van der Waals surface area contributed by atoms with Crippen LogP contribution in [0.3, 0.4) is 0 Å². The van der Waals surface area contributed by atoms with Crippen LogP contribution in [-0.4, -0.2) is 24.6 Å². The Bertz CT molecular complexity index is 940. The number of nitrogens with zero attached hydrogens (tertiary/aromatic N) is 1. The Hall–Kier alpha value is -3.59. The van der Waals surface area contributed by atoms with Crippen molar-refractivity contribution in [1.29, 1.82) is 5.26 Å². The van der Waals surface area contributed by atoms with E-state index in [2.05, 4.69) is 5.32 Å². The highest BCUT2D eigenvalue weighted by Gasteiger charge is 2.13. The van der Waals surface area contributed by atoms with E-state index in [0.29, 0.717) is 29.2 Å². The number of amides is 1. The quantitative estimate of drug-likeness (QED) is 0.275. The number of rotatable bonds is 9. The first-order valence-corrected chi connectivity index (χ1v) is 9.90. The van der Waals surface area contributed by atoms with Gasteiger partial charge in [-0.05, 0) is 56.7 Å². The van der Waals surface area contributed by atoms with Gasteiger partial charge in [-0.15, -0.1) is 0 Å². The molecule has 6 heteroatoms. The van der Waals surface area contributed by atoms with Gasteiger partial charge in [0.15, 0.2) is 0 Å². The number of unbranched alkanes of at least 4 members (excludes halogenated alkanes) is 1. The van der Waals surface area contributed by atoms with Crippen LogP contribution in [-0.2, 0) is 9.53 Å². The first-order chi connectivity index (χ1) is 14.4. The molecule has 0 aliphatic carbocycles. The molecule has 30 heavy (non-hydrogen) atoms. The van der Waals surface area contributed by atoms with Gasteiger partial charge in [-0.25, -0.2) is 4.79 Å². The molecule has 0 aliphatic heterocycles. The van der Waals surface area contributed by atoms with Crippen molar-refractivity contribution in [2.75, 3.05) is 11.9 Å². The maximum absolute atomic E-state index is 12.5. The summed E-state index contributed by atoms with van der Waals surface area (Å²) in [5.74, 6) is -0.352. The number of carbonyl (C=O) groups is 2. The molecule has 2 rings (SSSR count). The molecule has 0 atom stereocenters. The van der Waals surface area contributed by atoms with Crippen LogP contribution in [0.25, 0.3) is 6.08 Å². The van der Waals surface area contributed by atoms with Crippen LogP contribution in [0.15, 0.2) is 54.1 Å². The van der Waals surface area contributed by atoms with Crippen LogP contribution < -0.4 is 10.1 Å². The third-order valence-electron chi connectivity index (χ3n) is 4.06. The third-order valence-corrected chi connectivity index (χ3v) is 4.06. The fourth-order valence-corrected chi connectivity index (χ4v) is 2.55. The number of nitrogens with one attached hydrogen (secondary N) is 1. The normalized spacial score (nSPS) is 11.0. The number of hydrogen-bond acceptors (Lipinski definition) is 5. The lowest BCUT2D eigenvalue weighted by atomic mass is 10.1. The molecule has 0 saturated heterocycles. The molecule has 0 spiro atoms. The molecule has 0 unspecified atom stereocenters. The number of benzene rings is 2. The summed E-state index contributed by atoms with van der Waals surface area (Å²) in [6, 6.07) is 15.5. The van der Waals surface area contributed by atoms with Crippen molar-refractivity contribution in [1.82, 2.24) is 0 Å². The third kappa shape index (κ3) is 6.78. The standard InChI is InChI=1S/C24H26N2O4/c1-4-5-14-29-24(28)18-10-12-21(13-11-18)26-23(27)20(16-25)15-19-8-6-7-9-22(19)30-17(2)3/h6-13,15,17H,4-5,14H2,1-3H3,(H,26,27)/b20-15+. The molecule has 2 aromatic carbocycles. The zero-order valence-corrected chi connectivity index (χ0v) is 17.5. The van der Waals surface area contributed by atoms with Crippen molar-refractivity contribution in [3.8, 4) is 11.8 Å². The monoisotopic (exact) mass is 406 g/mol. The molecule has 0 fully saturated rings. The van der Waals surface area contributed by atoms with E-state index in [9.17, 15) is 14.9 Å². The predicted molar refractivity (Wildman–Crippen MR) is 116 cm³/mol. The molecule has 1 amide bonds. The topological polar surface area (TPSA) is 88.4 Å². The Morgan fingerprint density at radius 1 is 1.13 bits per heavy atom. The van der Waals surface area contributed by atoms with E-state index < -0.39 is 11.9 Å². The van der Waals surface area contributed by atoms with Gasteiger partial charge in [-0.3, -0.25) is 4.79 Å². The lowest BCUT2D eigenvalue weighted by Gasteiger charge is -2.12. The first kappa shape index (κ1) is 22.7. The number of carbonyl (C=O) groups excluding carboxylic acids is 2. The van der Waals surface area contributed by atoms with Gasteiger partial charge in [0, 0.05) is 11.3 Å². The summed E-state index contributed by atoms with van der Waals surface area (Å²) in [5.41, 5.74) is 1.46. The Morgan fingerprint density at radius 3 is 2.47 bits per heavy atom. The maximum atomic E-state index is 12.5. The van der Waals surface area contributed by atoms with Crippen LogP contribution in [0.4, 0.5) is 5.69 Å². The average molecular weight is 406 g/mol. The lowest BCUT2D eigenvalue weighted by molar-refractivity contribution is -0.112. The van der Waals surface area contributed by atoms with Gasteiger partial charge in [0.05, 0.1) is 18.3 Å². The molecule has 2 aromatic rings. The second-order valence-corrected chi connectivity index (χ2v) is 6.90. The summed E-state index contributed by atoms with van der Waals surface area (Å²) in [6.45, 7) is 6.21. The van der Waals surface area contributed by atoms with E-state index in [1.54, 1.807) is 36.4 Å². The predicted octanol–water partition coefficient (Wildman–Crippen LogP) is 4.98. The van der Waals surface area contributed by atoms with Crippen LogP contribution in [0.1, 0.15) is 49.5 Å². The van der Waals surface area contributed by atoms with Gasteiger partial charge in [0.2, 0.25) is 0 Å². The van der Waals surface area contributed by atoms with E-state index in [1.807, 2.05) is 39.0 Å². The second-order valence-electron chi connectivity index (χ2n) is 6.90. The molecule has 1 N–H and O–H groups in total. The first-order valence-electron chi connectivity index (χ1n) is 9.90. The summed E-state index contributed by atoms with van der Waals surface area (Å²) in [4.78, 5) is 24.5. The van der Waals surface area contributed by atoms with Crippen molar-refractivity contribution >= 4 is 23.6 Å². The Kier molecular flexibility index (Phi) is 8.64. The maximum Gasteiger partial charge on any atom is 0.338 e. The van der Waals surface area contributed by atoms with Crippen LogP contribution in [0, 0.1) is 11.3 Å². The number of esters is 1. The molecule has 0 aliphatic rings. The highest BCUT2D eigenvalue weighted by Crippen LogP contribution is 2.22.